The number of phenolic OH excluding ortho intramolecular Hbond substituents is 1. The predicted molar refractivity (Wildman–Crippen MR) is 88.0 cm³/mol. The van der Waals surface area contributed by atoms with Crippen molar-refractivity contribution in [3.63, 3.8) is 0 Å². The van der Waals surface area contributed by atoms with Gasteiger partial charge in [0.1, 0.15) is 17.3 Å². The topological polar surface area (TPSA) is 116 Å². The molecule has 0 bridgehead atoms. The van der Waals surface area contributed by atoms with Gasteiger partial charge in [0.15, 0.2) is 11.5 Å². The van der Waals surface area contributed by atoms with E-state index < -0.39 is 0 Å². The van der Waals surface area contributed by atoms with Gasteiger partial charge in [0.25, 0.3) is 0 Å². The van der Waals surface area contributed by atoms with Crippen LogP contribution in [0.5, 0.6) is 5.75 Å². The Balaban J connectivity index is 1.74. The summed E-state index contributed by atoms with van der Waals surface area (Å²) in [7, 11) is 0. The maximum atomic E-state index is 9.55. The van der Waals surface area contributed by atoms with Crippen LogP contribution in [0.3, 0.4) is 0 Å². The number of fused-ring (bicyclic) bond motifs is 1. The first-order valence-electron chi connectivity index (χ1n) is 7.24. The minimum atomic E-state index is 0.216. The molecule has 0 fully saturated rings. The van der Waals surface area contributed by atoms with Gasteiger partial charge in [-0.05, 0) is 17.7 Å². The fourth-order valence-corrected chi connectivity index (χ4v) is 2.43. The number of aromatic nitrogens is 6. The molecule has 0 spiro atoms. The molecule has 3 heterocycles. The van der Waals surface area contributed by atoms with Crippen molar-refractivity contribution in [3.8, 4) is 17.3 Å². The lowest BCUT2D eigenvalue weighted by molar-refractivity contribution is 0.474. The number of nitrogen functional groups attached to an aromatic ring is 1. The molecule has 0 radical (unpaired) electrons. The van der Waals surface area contributed by atoms with Crippen LogP contribution in [0.4, 0.5) is 5.82 Å². The summed E-state index contributed by atoms with van der Waals surface area (Å²) in [6.45, 7) is 0.491. The molecule has 3 N–H and O–H groups in total. The molecule has 0 unspecified atom stereocenters. The lowest BCUT2D eigenvalue weighted by Crippen LogP contribution is -2.00. The Morgan fingerprint density at radius 2 is 2.08 bits per heavy atom. The lowest BCUT2D eigenvalue weighted by atomic mass is 10.2. The second kappa shape index (κ2) is 5.58. The summed E-state index contributed by atoms with van der Waals surface area (Å²) < 4.78 is 1.71. The SMILES string of the molecule is Nc1nc(-c2cnccn2)nc2nn(Cc3cccc(O)c3)cc12. The normalized spacial score (nSPS) is 11.0. The summed E-state index contributed by atoms with van der Waals surface area (Å²) in [5.74, 6) is 0.937. The largest absolute Gasteiger partial charge is 0.508 e. The van der Waals surface area contributed by atoms with Crippen molar-refractivity contribution >= 4 is 16.9 Å². The van der Waals surface area contributed by atoms with Crippen LogP contribution >= 0.6 is 0 Å². The van der Waals surface area contributed by atoms with Crippen molar-refractivity contribution in [2.45, 2.75) is 6.54 Å². The Morgan fingerprint density at radius 3 is 2.88 bits per heavy atom. The number of benzene rings is 1. The van der Waals surface area contributed by atoms with Gasteiger partial charge in [-0.3, -0.25) is 9.67 Å². The van der Waals surface area contributed by atoms with E-state index in [2.05, 4.69) is 25.0 Å². The van der Waals surface area contributed by atoms with Crippen molar-refractivity contribution < 1.29 is 5.11 Å². The Hall–Kier alpha value is -3.55. The summed E-state index contributed by atoms with van der Waals surface area (Å²) in [6, 6.07) is 7.01. The van der Waals surface area contributed by atoms with E-state index in [1.807, 2.05) is 6.07 Å². The summed E-state index contributed by atoms with van der Waals surface area (Å²) in [6.07, 6.45) is 6.51. The molecule has 4 rings (SSSR count). The maximum absolute atomic E-state index is 9.55. The van der Waals surface area contributed by atoms with Gasteiger partial charge in [0.05, 0.1) is 18.1 Å². The molecular formula is C16H13N7O. The summed E-state index contributed by atoms with van der Waals surface area (Å²) in [5.41, 5.74) is 7.98. The quantitative estimate of drug-likeness (QED) is 0.589. The third kappa shape index (κ3) is 2.60. The molecule has 0 aliphatic rings. The monoisotopic (exact) mass is 319 g/mol. The minimum absolute atomic E-state index is 0.216. The molecule has 0 saturated heterocycles. The van der Waals surface area contributed by atoms with Crippen LogP contribution in [0, 0.1) is 0 Å². The Kier molecular flexibility index (Phi) is 3.27. The number of rotatable bonds is 3. The van der Waals surface area contributed by atoms with Gasteiger partial charge < -0.3 is 10.8 Å². The number of phenols is 1. The fraction of sp³-hybridized carbons (Fsp3) is 0.0625. The number of nitrogens with zero attached hydrogens (tertiary/aromatic N) is 6. The average Bonchev–Trinajstić information content (AvgIpc) is 2.99. The Labute approximate surface area is 136 Å². The highest BCUT2D eigenvalue weighted by Crippen LogP contribution is 2.21. The van der Waals surface area contributed by atoms with Gasteiger partial charge in [-0.1, -0.05) is 12.1 Å². The zero-order valence-electron chi connectivity index (χ0n) is 12.5. The Bertz CT molecular complexity index is 1010. The fourth-order valence-electron chi connectivity index (χ4n) is 2.43. The van der Waals surface area contributed by atoms with Gasteiger partial charge in [0.2, 0.25) is 0 Å². The van der Waals surface area contributed by atoms with Crippen molar-refractivity contribution in [3.05, 3.63) is 54.6 Å². The highest BCUT2D eigenvalue weighted by molar-refractivity contribution is 5.86. The number of anilines is 1. The first-order valence-corrected chi connectivity index (χ1v) is 7.24. The van der Waals surface area contributed by atoms with Gasteiger partial charge in [-0.2, -0.15) is 5.10 Å². The zero-order chi connectivity index (χ0) is 16.5. The van der Waals surface area contributed by atoms with Gasteiger partial charge in [0, 0.05) is 18.6 Å². The average molecular weight is 319 g/mol. The molecule has 0 saturated carbocycles. The summed E-state index contributed by atoms with van der Waals surface area (Å²) in [5, 5.41) is 14.7. The molecular weight excluding hydrogens is 306 g/mol. The number of nitrogens with two attached hydrogens (primary N) is 1. The molecule has 8 nitrogen and oxygen atoms in total. The molecule has 118 valence electrons. The highest BCUT2D eigenvalue weighted by atomic mass is 16.3. The number of hydrogen-bond acceptors (Lipinski definition) is 7. The minimum Gasteiger partial charge on any atom is -0.508 e. The Morgan fingerprint density at radius 1 is 1.17 bits per heavy atom. The van der Waals surface area contributed by atoms with Crippen LogP contribution < -0.4 is 5.73 Å². The third-order valence-electron chi connectivity index (χ3n) is 3.50. The van der Waals surface area contributed by atoms with Crippen LogP contribution in [-0.4, -0.2) is 34.8 Å². The summed E-state index contributed by atoms with van der Waals surface area (Å²) in [4.78, 5) is 16.9. The highest BCUT2D eigenvalue weighted by Gasteiger charge is 2.12. The van der Waals surface area contributed by atoms with E-state index in [1.54, 1.807) is 47.7 Å². The van der Waals surface area contributed by atoms with E-state index in [0.29, 0.717) is 34.9 Å². The molecule has 0 aliphatic carbocycles. The van der Waals surface area contributed by atoms with Crippen molar-refractivity contribution in [2.24, 2.45) is 0 Å². The first kappa shape index (κ1) is 14.1. The second-order valence-electron chi connectivity index (χ2n) is 5.26. The predicted octanol–water partition coefficient (Wildman–Crippen LogP) is 1.62. The van der Waals surface area contributed by atoms with Crippen molar-refractivity contribution in [1.29, 1.82) is 0 Å². The molecule has 0 aliphatic heterocycles. The van der Waals surface area contributed by atoms with Crippen molar-refractivity contribution in [2.75, 3.05) is 5.73 Å². The van der Waals surface area contributed by atoms with Gasteiger partial charge >= 0.3 is 0 Å². The first-order chi connectivity index (χ1) is 11.7. The summed E-state index contributed by atoms with van der Waals surface area (Å²) >= 11 is 0. The molecule has 24 heavy (non-hydrogen) atoms. The lowest BCUT2D eigenvalue weighted by Gasteiger charge is -2.01. The molecule has 4 aromatic rings. The van der Waals surface area contributed by atoms with E-state index in [1.165, 1.54) is 0 Å². The van der Waals surface area contributed by atoms with E-state index in [4.69, 9.17) is 5.73 Å². The molecule has 0 atom stereocenters. The van der Waals surface area contributed by atoms with Crippen molar-refractivity contribution in [1.82, 2.24) is 29.7 Å². The van der Waals surface area contributed by atoms with Gasteiger partial charge in [-0.15, -0.1) is 0 Å². The van der Waals surface area contributed by atoms with E-state index in [0.717, 1.165) is 5.56 Å². The standard InChI is InChI=1S/C16H13N7O/c17-14-12-9-23(8-10-2-1-3-11(24)6-10)22-15(12)21-16(20-14)13-7-18-4-5-19-13/h1-7,9,24H,8H2,(H2,17,20,21,22). The molecule has 0 amide bonds. The van der Waals surface area contributed by atoms with Gasteiger partial charge in [-0.25, -0.2) is 15.0 Å². The second-order valence-corrected chi connectivity index (χ2v) is 5.26. The molecule has 8 heteroatoms. The van der Waals surface area contributed by atoms with E-state index in [9.17, 15) is 5.11 Å². The maximum Gasteiger partial charge on any atom is 0.187 e. The van der Waals surface area contributed by atoms with Crippen LogP contribution in [0.25, 0.3) is 22.6 Å². The smallest absolute Gasteiger partial charge is 0.187 e. The molecule has 3 aromatic heterocycles. The van der Waals surface area contributed by atoms with E-state index >= 15 is 0 Å². The third-order valence-corrected chi connectivity index (χ3v) is 3.50. The number of aromatic hydroxyl groups is 1. The van der Waals surface area contributed by atoms with Crippen LogP contribution in [0.2, 0.25) is 0 Å². The van der Waals surface area contributed by atoms with Crippen LogP contribution in [0.15, 0.2) is 49.1 Å². The van der Waals surface area contributed by atoms with E-state index in [-0.39, 0.29) is 5.75 Å². The van der Waals surface area contributed by atoms with Crippen LogP contribution in [0.1, 0.15) is 5.56 Å². The van der Waals surface area contributed by atoms with Crippen LogP contribution in [-0.2, 0) is 6.54 Å². The molecule has 1 aromatic carbocycles. The zero-order valence-corrected chi connectivity index (χ0v) is 12.5. The number of hydrogen-bond donors (Lipinski definition) is 2.